The minimum absolute atomic E-state index is 0.0204. The number of oxime groups is 1. The van der Waals surface area contributed by atoms with Gasteiger partial charge >= 0.3 is 6.18 Å². The molecule has 1 heterocycles. The van der Waals surface area contributed by atoms with Crippen molar-refractivity contribution >= 4 is 64.7 Å². The van der Waals surface area contributed by atoms with Crippen molar-refractivity contribution in [2.75, 3.05) is 5.08 Å². The molecule has 15 heteroatoms. The maximum Gasteiger partial charge on any atom is 0.435 e. The zero-order chi connectivity index (χ0) is 25.4. The van der Waals surface area contributed by atoms with Crippen LogP contribution in [0.25, 0.3) is 0 Å². The molecule has 0 fully saturated rings. The summed E-state index contributed by atoms with van der Waals surface area (Å²) < 4.78 is 89.4. The van der Waals surface area contributed by atoms with E-state index in [1.165, 1.54) is 19.1 Å². The third-order valence-corrected chi connectivity index (χ3v) is 8.96. The molecule has 182 valence electrons. The number of halogens is 6. The summed E-state index contributed by atoms with van der Waals surface area (Å²) in [6.45, 7) is 4.74. The van der Waals surface area contributed by atoms with E-state index in [9.17, 15) is 30.0 Å². The molecule has 2 rings (SSSR count). The molecule has 0 bridgehead atoms. The molecule has 1 atom stereocenters. The predicted molar refractivity (Wildman–Crippen MR) is 123 cm³/mol. The number of benzene rings is 1. The highest BCUT2D eigenvalue weighted by Gasteiger charge is 2.63. The van der Waals surface area contributed by atoms with Gasteiger partial charge in [0.05, 0.1) is 10.6 Å². The number of rotatable bonds is 7. The maximum absolute atomic E-state index is 14.2. The average Bonchev–Trinajstić information content (AvgIpc) is 3.04. The summed E-state index contributed by atoms with van der Waals surface area (Å²) in [6, 6.07) is 3.37. The van der Waals surface area contributed by atoms with Gasteiger partial charge in [-0.05, 0) is 47.1 Å². The molecule has 7 nitrogen and oxygen atoms in total. The summed E-state index contributed by atoms with van der Waals surface area (Å²) in [5.74, 6) is 0. The van der Waals surface area contributed by atoms with Crippen LogP contribution in [-0.4, -0.2) is 39.4 Å². The molecule has 0 saturated carbocycles. The lowest BCUT2D eigenvalue weighted by molar-refractivity contribution is -0.251. The van der Waals surface area contributed by atoms with E-state index in [1.54, 1.807) is 0 Å². The predicted octanol–water partition coefficient (Wildman–Crippen LogP) is 4.72. The first-order chi connectivity index (χ1) is 14.9. The third kappa shape index (κ3) is 6.61. The Morgan fingerprint density at radius 2 is 1.91 bits per heavy atom. The van der Waals surface area contributed by atoms with Gasteiger partial charge in [-0.25, -0.2) is 22.0 Å². The molecule has 0 amide bonds. The Labute approximate surface area is 206 Å². The number of allylic oxidation sites excluding steroid dienone is 3. The monoisotopic (exact) mass is 610 g/mol. The lowest BCUT2D eigenvalue weighted by atomic mass is 9.85. The van der Waals surface area contributed by atoms with E-state index in [0.717, 1.165) is 18.2 Å². The van der Waals surface area contributed by atoms with Gasteiger partial charge in [0, 0.05) is 32.1 Å². The van der Waals surface area contributed by atoms with E-state index in [2.05, 4.69) is 27.7 Å². The second kappa shape index (κ2) is 9.70. The molecule has 0 saturated heterocycles. The van der Waals surface area contributed by atoms with Crippen molar-refractivity contribution in [1.29, 1.82) is 0 Å². The Bertz CT molecular complexity index is 1290. The smallest absolute Gasteiger partial charge is 0.374 e. The molecule has 1 aromatic rings. The second-order valence-electron chi connectivity index (χ2n) is 6.95. The zero-order valence-electron chi connectivity index (χ0n) is 16.7. The van der Waals surface area contributed by atoms with Gasteiger partial charge in [-0.1, -0.05) is 41.0 Å². The second-order valence-corrected chi connectivity index (χ2v) is 12.8. The zero-order valence-corrected chi connectivity index (χ0v) is 21.4. The van der Waals surface area contributed by atoms with Gasteiger partial charge in [0.25, 0.3) is 5.60 Å². The molecule has 1 aromatic carbocycles. The van der Waals surface area contributed by atoms with Gasteiger partial charge in [-0.3, -0.25) is 0 Å². The van der Waals surface area contributed by atoms with Crippen LogP contribution < -0.4 is 5.14 Å². The van der Waals surface area contributed by atoms with Crippen molar-refractivity contribution in [3.05, 3.63) is 62.6 Å². The van der Waals surface area contributed by atoms with Crippen molar-refractivity contribution in [2.24, 2.45) is 10.3 Å². The van der Waals surface area contributed by atoms with Crippen molar-refractivity contribution in [2.45, 2.75) is 30.0 Å². The standard InChI is InChI=1S/C18H16BrCl2F3N2O5S2/c1-10(20)5-13(6-11(2)21)17(18(22,23)24)8-15(26-31-17)12-3-4-16(14(19)7-12)32(27,28)9-33(25,29)30/h3-7H,1,8-9H2,2H3,(H2,25,29,30)/b11-6+,13-5+. The SMILES string of the molecule is C=C(Cl)/C=C(\C=C(/C)Cl)C1(C(F)(F)F)CC(c2ccc(S(=O)(=O)CS(N)(=O)=O)c(Br)c2)=NO1. The fraction of sp³-hybridized carbons (Fsp3) is 0.278. The summed E-state index contributed by atoms with van der Waals surface area (Å²) in [6.07, 6.45) is -3.75. The quantitative estimate of drug-likeness (QED) is 0.448. The topological polar surface area (TPSA) is 116 Å². The first kappa shape index (κ1) is 27.9. The fourth-order valence-electron chi connectivity index (χ4n) is 2.93. The lowest BCUT2D eigenvalue weighted by Gasteiger charge is -2.30. The normalized spacial score (nSPS) is 20.4. The molecular formula is C18H16BrCl2F3N2O5S2. The van der Waals surface area contributed by atoms with E-state index in [1.807, 2.05) is 0 Å². The number of primary sulfonamides is 1. The van der Waals surface area contributed by atoms with Crippen LogP contribution in [0.1, 0.15) is 18.9 Å². The number of hydrogen-bond donors (Lipinski definition) is 1. The average molecular weight is 612 g/mol. The number of sulfone groups is 1. The molecule has 1 aliphatic heterocycles. The molecule has 1 unspecified atom stereocenters. The van der Waals surface area contributed by atoms with Crippen LogP contribution in [0.5, 0.6) is 0 Å². The summed E-state index contributed by atoms with van der Waals surface area (Å²) in [7, 11) is -8.69. The van der Waals surface area contributed by atoms with E-state index < -0.39 is 53.6 Å². The van der Waals surface area contributed by atoms with Gasteiger partial charge in [0.1, 0.15) is 0 Å². The number of hydrogen-bond acceptors (Lipinski definition) is 6. The summed E-state index contributed by atoms with van der Waals surface area (Å²) >= 11 is 14.5. The van der Waals surface area contributed by atoms with Crippen molar-refractivity contribution in [1.82, 2.24) is 0 Å². The first-order valence-electron chi connectivity index (χ1n) is 8.63. The van der Waals surface area contributed by atoms with Crippen LogP contribution in [-0.2, 0) is 24.7 Å². The third-order valence-electron chi connectivity index (χ3n) is 4.24. The highest BCUT2D eigenvalue weighted by Crippen LogP contribution is 2.47. The van der Waals surface area contributed by atoms with Gasteiger partial charge in [0.15, 0.2) is 14.9 Å². The van der Waals surface area contributed by atoms with Crippen LogP contribution in [0.2, 0.25) is 0 Å². The largest absolute Gasteiger partial charge is 0.435 e. The molecule has 0 spiro atoms. The van der Waals surface area contributed by atoms with E-state index >= 15 is 0 Å². The van der Waals surface area contributed by atoms with E-state index in [4.69, 9.17) is 33.2 Å². The highest BCUT2D eigenvalue weighted by molar-refractivity contribution is 9.10. The Kier molecular flexibility index (Phi) is 8.19. The van der Waals surface area contributed by atoms with Crippen LogP contribution in [0.3, 0.4) is 0 Å². The molecule has 33 heavy (non-hydrogen) atoms. The summed E-state index contributed by atoms with van der Waals surface area (Å²) in [5.41, 5.74) is -3.43. The maximum atomic E-state index is 14.2. The molecule has 0 aromatic heterocycles. The van der Waals surface area contributed by atoms with Crippen LogP contribution in [0, 0.1) is 0 Å². The molecule has 0 aliphatic carbocycles. The van der Waals surface area contributed by atoms with Crippen LogP contribution in [0.15, 0.2) is 67.1 Å². The van der Waals surface area contributed by atoms with E-state index in [0.29, 0.717) is 0 Å². The summed E-state index contributed by atoms with van der Waals surface area (Å²) in [5, 5.41) is 6.86. The number of sulfonamides is 1. The Morgan fingerprint density at radius 3 is 2.36 bits per heavy atom. The number of nitrogens with zero attached hydrogens (tertiary/aromatic N) is 1. The number of alkyl halides is 3. The minimum atomic E-state index is -4.95. The van der Waals surface area contributed by atoms with E-state index in [-0.39, 0.29) is 25.8 Å². The van der Waals surface area contributed by atoms with Gasteiger partial charge in [-0.15, -0.1) is 0 Å². The summed E-state index contributed by atoms with van der Waals surface area (Å²) in [4.78, 5) is 4.49. The van der Waals surface area contributed by atoms with Crippen LogP contribution >= 0.6 is 39.1 Å². The van der Waals surface area contributed by atoms with Crippen molar-refractivity contribution < 1.29 is 34.8 Å². The van der Waals surface area contributed by atoms with Crippen LogP contribution in [0.4, 0.5) is 13.2 Å². The molecular weight excluding hydrogens is 596 g/mol. The van der Waals surface area contributed by atoms with Gasteiger partial charge in [-0.2, -0.15) is 13.2 Å². The molecule has 2 N–H and O–H groups in total. The Morgan fingerprint density at radius 1 is 1.30 bits per heavy atom. The Balaban J connectivity index is 2.52. The van der Waals surface area contributed by atoms with Crippen molar-refractivity contribution in [3.63, 3.8) is 0 Å². The molecule has 1 aliphatic rings. The molecule has 0 radical (unpaired) electrons. The highest BCUT2D eigenvalue weighted by atomic mass is 79.9. The Hall–Kier alpha value is -1.38. The number of nitrogens with two attached hydrogens (primary N) is 1. The van der Waals surface area contributed by atoms with Gasteiger partial charge < -0.3 is 4.84 Å². The van der Waals surface area contributed by atoms with Crippen molar-refractivity contribution in [3.8, 4) is 0 Å². The minimum Gasteiger partial charge on any atom is -0.374 e. The first-order valence-corrected chi connectivity index (χ1v) is 13.5. The lowest BCUT2D eigenvalue weighted by Crippen LogP contribution is -2.47. The fourth-order valence-corrected chi connectivity index (χ4v) is 7.15. The van der Waals surface area contributed by atoms with Gasteiger partial charge in [0.2, 0.25) is 10.0 Å².